The van der Waals surface area contributed by atoms with Gasteiger partial charge in [0.15, 0.2) is 0 Å². The lowest BCUT2D eigenvalue weighted by atomic mass is 10.00. The first-order chi connectivity index (χ1) is 10.6. The Morgan fingerprint density at radius 2 is 2.09 bits per heavy atom. The van der Waals surface area contributed by atoms with Crippen LogP contribution in [0.15, 0.2) is 42.9 Å². The predicted molar refractivity (Wildman–Crippen MR) is 81.3 cm³/mol. The van der Waals surface area contributed by atoms with Crippen LogP contribution in [0.1, 0.15) is 10.4 Å². The van der Waals surface area contributed by atoms with Gasteiger partial charge in [0.05, 0.1) is 29.4 Å². The van der Waals surface area contributed by atoms with Crippen molar-refractivity contribution in [1.82, 2.24) is 9.97 Å². The Bertz CT molecular complexity index is 883. The van der Waals surface area contributed by atoms with E-state index in [9.17, 15) is 9.18 Å². The standard InChI is InChI=1S/C16H10ClFN2O2/c1-22-16(21)9-2-3-14-11(6-9)15(12(17)7-20-14)10-4-5-19-8-13(10)18/h2-8H,1H3. The summed E-state index contributed by atoms with van der Waals surface area (Å²) in [4.78, 5) is 19.6. The zero-order valence-electron chi connectivity index (χ0n) is 11.5. The number of benzene rings is 1. The second kappa shape index (κ2) is 5.69. The van der Waals surface area contributed by atoms with Crippen molar-refractivity contribution in [3.63, 3.8) is 0 Å². The van der Waals surface area contributed by atoms with Gasteiger partial charge < -0.3 is 4.74 Å². The molecule has 0 aliphatic carbocycles. The second-order valence-electron chi connectivity index (χ2n) is 4.56. The summed E-state index contributed by atoms with van der Waals surface area (Å²) in [6.45, 7) is 0. The van der Waals surface area contributed by atoms with E-state index < -0.39 is 11.8 Å². The van der Waals surface area contributed by atoms with E-state index in [1.807, 2.05) is 0 Å². The first kappa shape index (κ1) is 14.4. The molecule has 0 aliphatic heterocycles. The molecule has 1 aromatic carbocycles. The number of carbonyl (C=O) groups is 1. The van der Waals surface area contributed by atoms with Crippen LogP contribution in [0.3, 0.4) is 0 Å². The third kappa shape index (κ3) is 2.40. The van der Waals surface area contributed by atoms with Gasteiger partial charge in [-0.2, -0.15) is 0 Å². The fourth-order valence-electron chi connectivity index (χ4n) is 2.26. The van der Waals surface area contributed by atoms with Gasteiger partial charge in [-0.15, -0.1) is 0 Å². The molecule has 0 unspecified atom stereocenters. The summed E-state index contributed by atoms with van der Waals surface area (Å²) in [6, 6.07) is 6.39. The van der Waals surface area contributed by atoms with Crippen LogP contribution in [-0.4, -0.2) is 23.0 Å². The van der Waals surface area contributed by atoms with Crippen molar-refractivity contribution in [2.45, 2.75) is 0 Å². The molecule has 2 aromatic heterocycles. The maximum absolute atomic E-state index is 14.1. The molecule has 2 heterocycles. The van der Waals surface area contributed by atoms with Crippen LogP contribution in [0.2, 0.25) is 5.02 Å². The lowest BCUT2D eigenvalue weighted by Gasteiger charge is -2.10. The number of hydrogen-bond acceptors (Lipinski definition) is 4. The first-order valence-electron chi connectivity index (χ1n) is 6.38. The summed E-state index contributed by atoms with van der Waals surface area (Å²) < 4.78 is 18.8. The maximum Gasteiger partial charge on any atom is 0.337 e. The van der Waals surface area contributed by atoms with Crippen molar-refractivity contribution in [3.8, 4) is 11.1 Å². The van der Waals surface area contributed by atoms with Crippen LogP contribution < -0.4 is 0 Å². The molecule has 22 heavy (non-hydrogen) atoms. The largest absolute Gasteiger partial charge is 0.465 e. The van der Waals surface area contributed by atoms with Crippen LogP contribution in [-0.2, 0) is 4.74 Å². The molecule has 0 bridgehead atoms. The average Bonchev–Trinajstić information content (AvgIpc) is 2.54. The van der Waals surface area contributed by atoms with E-state index in [0.717, 1.165) is 6.20 Å². The van der Waals surface area contributed by atoms with Gasteiger partial charge in [-0.25, -0.2) is 9.18 Å². The van der Waals surface area contributed by atoms with Crippen LogP contribution >= 0.6 is 11.6 Å². The van der Waals surface area contributed by atoms with Gasteiger partial charge in [0, 0.05) is 28.9 Å². The Kier molecular flexibility index (Phi) is 3.73. The number of nitrogens with zero attached hydrogens (tertiary/aromatic N) is 2. The minimum Gasteiger partial charge on any atom is -0.465 e. The first-order valence-corrected chi connectivity index (χ1v) is 6.76. The van der Waals surface area contributed by atoms with Crippen molar-refractivity contribution in [2.24, 2.45) is 0 Å². The van der Waals surface area contributed by atoms with Gasteiger partial charge in [-0.1, -0.05) is 11.6 Å². The van der Waals surface area contributed by atoms with E-state index >= 15 is 0 Å². The van der Waals surface area contributed by atoms with Gasteiger partial charge >= 0.3 is 5.97 Å². The molecule has 3 rings (SSSR count). The van der Waals surface area contributed by atoms with Crippen molar-refractivity contribution in [1.29, 1.82) is 0 Å². The number of pyridine rings is 2. The molecule has 0 fully saturated rings. The van der Waals surface area contributed by atoms with Crippen LogP contribution in [0.25, 0.3) is 22.0 Å². The molecular weight excluding hydrogens is 307 g/mol. The molecule has 3 aromatic rings. The van der Waals surface area contributed by atoms with Gasteiger partial charge in [0.1, 0.15) is 5.82 Å². The lowest BCUT2D eigenvalue weighted by molar-refractivity contribution is 0.0601. The Morgan fingerprint density at radius 1 is 1.27 bits per heavy atom. The smallest absolute Gasteiger partial charge is 0.337 e. The summed E-state index contributed by atoms with van der Waals surface area (Å²) in [5.41, 5.74) is 1.71. The van der Waals surface area contributed by atoms with Crippen LogP contribution in [0, 0.1) is 5.82 Å². The zero-order chi connectivity index (χ0) is 15.7. The van der Waals surface area contributed by atoms with Gasteiger partial charge in [-0.05, 0) is 24.3 Å². The molecule has 0 spiro atoms. The van der Waals surface area contributed by atoms with Crippen molar-refractivity contribution >= 4 is 28.5 Å². The zero-order valence-corrected chi connectivity index (χ0v) is 12.3. The number of fused-ring (bicyclic) bond motifs is 1. The van der Waals surface area contributed by atoms with E-state index in [2.05, 4.69) is 9.97 Å². The molecule has 0 saturated heterocycles. The predicted octanol–water partition coefficient (Wildman–Crippen LogP) is 3.88. The molecule has 6 heteroatoms. The second-order valence-corrected chi connectivity index (χ2v) is 4.97. The summed E-state index contributed by atoms with van der Waals surface area (Å²) in [5.74, 6) is -0.983. The van der Waals surface area contributed by atoms with Crippen LogP contribution in [0.4, 0.5) is 4.39 Å². The highest BCUT2D eigenvalue weighted by Crippen LogP contribution is 2.35. The molecule has 0 amide bonds. The monoisotopic (exact) mass is 316 g/mol. The Hall–Kier alpha value is -2.53. The van der Waals surface area contributed by atoms with Crippen molar-refractivity contribution in [3.05, 3.63) is 59.3 Å². The third-order valence-electron chi connectivity index (χ3n) is 3.28. The highest BCUT2D eigenvalue weighted by Gasteiger charge is 2.15. The quantitative estimate of drug-likeness (QED) is 0.673. The number of ether oxygens (including phenoxy) is 1. The van der Waals surface area contributed by atoms with Crippen LogP contribution in [0.5, 0.6) is 0 Å². The normalized spacial score (nSPS) is 10.7. The minimum absolute atomic E-state index is 0.291. The topological polar surface area (TPSA) is 52.1 Å². The Morgan fingerprint density at radius 3 is 2.82 bits per heavy atom. The van der Waals surface area contributed by atoms with E-state index in [1.54, 1.807) is 18.2 Å². The SMILES string of the molecule is COC(=O)c1ccc2ncc(Cl)c(-c3ccncc3F)c2c1. The molecule has 0 radical (unpaired) electrons. The number of carbonyl (C=O) groups excluding carboxylic acids is 1. The number of esters is 1. The van der Waals surface area contributed by atoms with Gasteiger partial charge in [-0.3, -0.25) is 9.97 Å². The highest BCUT2D eigenvalue weighted by atomic mass is 35.5. The molecule has 4 nitrogen and oxygen atoms in total. The molecule has 0 saturated carbocycles. The fraction of sp³-hybridized carbons (Fsp3) is 0.0625. The summed E-state index contributed by atoms with van der Waals surface area (Å²) >= 11 is 6.21. The number of rotatable bonds is 2. The third-order valence-corrected chi connectivity index (χ3v) is 3.57. The van der Waals surface area contributed by atoms with E-state index in [4.69, 9.17) is 16.3 Å². The highest BCUT2D eigenvalue weighted by molar-refractivity contribution is 6.34. The lowest BCUT2D eigenvalue weighted by Crippen LogP contribution is -2.01. The van der Waals surface area contributed by atoms with Gasteiger partial charge in [0.2, 0.25) is 0 Å². The van der Waals surface area contributed by atoms with Crippen molar-refractivity contribution in [2.75, 3.05) is 7.11 Å². The number of methoxy groups -OCH3 is 1. The number of hydrogen-bond donors (Lipinski definition) is 0. The van der Waals surface area contributed by atoms with E-state index in [-0.39, 0.29) is 0 Å². The number of aromatic nitrogens is 2. The molecule has 0 N–H and O–H groups in total. The Labute approximate surface area is 130 Å². The van der Waals surface area contributed by atoms with E-state index in [1.165, 1.54) is 25.6 Å². The number of halogens is 2. The molecule has 110 valence electrons. The van der Waals surface area contributed by atoms with E-state index in [0.29, 0.717) is 32.6 Å². The maximum atomic E-state index is 14.1. The fourth-order valence-corrected chi connectivity index (χ4v) is 2.52. The molecular formula is C16H10ClFN2O2. The summed E-state index contributed by atoms with van der Waals surface area (Å²) in [6.07, 6.45) is 4.05. The Balaban J connectivity index is 2.35. The molecule has 0 atom stereocenters. The van der Waals surface area contributed by atoms with Gasteiger partial charge in [0.25, 0.3) is 0 Å². The molecule has 0 aliphatic rings. The average molecular weight is 317 g/mol. The summed E-state index contributed by atoms with van der Waals surface area (Å²) in [5, 5.41) is 0.861. The summed E-state index contributed by atoms with van der Waals surface area (Å²) in [7, 11) is 1.30. The minimum atomic E-state index is -0.500. The van der Waals surface area contributed by atoms with Crippen molar-refractivity contribution < 1.29 is 13.9 Å².